The number of nitrogens with two attached hydrogens (primary N) is 1. The minimum atomic E-state index is 0. The summed E-state index contributed by atoms with van der Waals surface area (Å²) in [4.78, 5) is 11.8. The highest BCUT2D eigenvalue weighted by Gasteiger charge is 2.10. The standard InChI is InChI=1S/C16H24Cl2N2O.ClH/c1-12(10-13-7-8-14(17)11-15(13)18)20-16(21)6-4-2-3-5-9-19;/h7-8,11-12H,2-6,9-10,19H2,1H3,(H,20,21);1H. The summed E-state index contributed by atoms with van der Waals surface area (Å²) in [6.45, 7) is 2.71. The molecule has 0 aliphatic heterocycles. The molecule has 0 fully saturated rings. The lowest BCUT2D eigenvalue weighted by atomic mass is 10.1. The number of hydrogen-bond acceptors (Lipinski definition) is 2. The first-order valence-electron chi connectivity index (χ1n) is 7.46. The number of carbonyl (C=O) groups excluding carboxylic acids is 1. The molecule has 0 aromatic heterocycles. The number of unbranched alkanes of at least 4 members (excludes halogenated alkanes) is 3. The largest absolute Gasteiger partial charge is 0.353 e. The lowest BCUT2D eigenvalue weighted by molar-refractivity contribution is -0.121. The van der Waals surface area contributed by atoms with Gasteiger partial charge in [-0.25, -0.2) is 0 Å². The molecule has 0 aliphatic carbocycles. The van der Waals surface area contributed by atoms with Crippen LogP contribution in [0.5, 0.6) is 0 Å². The van der Waals surface area contributed by atoms with E-state index in [1.807, 2.05) is 19.1 Å². The van der Waals surface area contributed by atoms with Gasteiger partial charge in [0, 0.05) is 22.5 Å². The Morgan fingerprint density at radius 1 is 1.23 bits per heavy atom. The molecule has 0 saturated carbocycles. The van der Waals surface area contributed by atoms with E-state index in [4.69, 9.17) is 28.9 Å². The summed E-state index contributed by atoms with van der Waals surface area (Å²) < 4.78 is 0. The molecule has 6 heteroatoms. The Morgan fingerprint density at radius 3 is 2.55 bits per heavy atom. The quantitative estimate of drug-likeness (QED) is 0.637. The number of rotatable bonds is 9. The highest BCUT2D eigenvalue weighted by Crippen LogP contribution is 2.22. The molecule has 1 rings (SSSR count). The molecule has 1 atom stereocenters. The molecule has 0 saturated heterocycles. The summed E-state index contributed by atoms with van der Waals surface area (Å²) in [5.41, 5.74) is 6.43. The van der Waals surface area contributed by atoms with Crippen molar-refractivity contribution in [2.75, 3.05) is 6.54 Å². The first kappa shape index (κ1) is 21.5. The molecule has 0 radical (unpaired) electrons. The fourth-order valence-corrected chi connectivity index (χ4v) is 2.68. The molecule has 1 unspecified atom stereocenters. The molecule has 126 valence electrons. The zero-order chi connectivity index (χ0) is 15.7. The SMILES string of the molecule is CC(Cc1ccc(Cl)cc1Cl)NC(=O)CCCCCCN.Cl. The Hall–Kier alpha value is -0.480. The molecular formula is C16H25Cl3N2O. The maximum absolute atomic E-state index is 11.8. The van der Waals surface area contributed by atoms with Gasteiger partial charge in [-0.2, -0.15) is 0 Å². The van der Waals surface area contributed by atoms with Crippen LogP contribution < -0.4 is 11.1 Å². The summed E-state index contributed by atoms with van der Waals surface area (Å²) in [5.74, 6) is 0.0975. The molecule has 3 nitrogen and oxygen atoms in total. The molecule has 1 amide bonds. The van der Waals surface area contributed by atoms with Gasteiger partial charge < -0.3 is 11.1 Å². The van der Waals surface area contributed by atoms with Gasteiger partial charge in [-0.15, -0.1) is 12.4 Å². The number of amides is 1. The molecule has 1 aromatic carbocycles. The van der Waals surface area contributed by atoms with Crippen LogP contribution in [0.4, 0.5) is 0 Å². The van der Waals surface area contributed by atoms with Crippen LogP contribution in [0, 0.1) is 0 Å². The van der Waals surface area contributed by atoms with E-state index in [0.717, 1.165) is 37.8 Å². The monoisotopic (exact) mass is 366 g/mol. The van der Waals surface area contributed by atoms with Crippen LogP contribution in [-0.4, -0.2) is 18.5 Å². The molecule has 3 N–H and O–H groups in total. The molecule has 0 aliphatic rings. The fourth-order valence-electron chi connectivity index (χ4n) is 2.20. The van der Waals surface area contributed by atoms with Gasteiger partial charge in [0.15, 0.2) is 0 Å². The van der Waals surface area contributed by atoms with Gasteiger partial charge in [-0.1, -0.05) is 42.1 Å². The molecule has 0 spiro atoms. The van der Waals surface area contributed by atoms with E-state index in [0.29, 0.717) is 22.9 Å². The molecule has 0 heterocycles. The molecule has 22 heavy (non-hydrogen) atoms. The Labute approximate surface area is 149 Å². The van der Waals surface area contributed by atoms with E-state index in [-0.39, 0.29) is 24.4 Å². The Balaban J connectivity index is 0.00000441. The van der Waals surface area contributed by atoms with Crippen LogP contribution in [0.15, 0.2) is 18.2 Å². The Bertz CT molecular complexity index is 455. The predicted molar refractivity (Wildman–Crippen MR) is 97.2 cm³/mol. The van der Waals surface area contributed by atoms with Gasteiger partial charge in [0.25, 0.3) is 0 Å². The van der Waals surface area contributed by atoms with Crippen molar-refractivity contribution in [1.29, 1.82) is 0 Å². The third kappa shape index (κ3) is 8.84. The van der Waals surface area contributed by atoms with Gasteiger partial charge in [0.05, 0.1) is 0 Å². The zero-order valence-electron chi connectivity index (χ0n) is 12.9. The van der Waals surface area contributed by atoms with E-state index in [1.165, 1.54) is 0 Å². The maximum atomic E-state index is 11.8. The Kier molecular flexibility index (Phi) is 11.7. The highest BCUT2D eigenvalue weighted by molar-refractivity contribution is 6.35. The average Bonchev–Trinajstić information content (AvgIpc) is 2.41. The van der Waals surface area contributed by atoms with Crippen molar-refractivity contribution in [2.45, 2.75) is 51.5 Å². The zero-order valence-corrected chi connectivity index (χ0v) is 15.2. The molecule has 0 bridgehead atoms. The van der Waals surface area contributed by atoms with Gasteiger partial charge in [0.1, 0.15) is 0 Å². The summed E-state index contributed by atoms with van der Waals surface area (Å²) in [6.07, 6.45) is 5.38. The predicted octanol–water partition coefficient (Wildman–Crippen LogP) is 4.37. The minimum Gasteiger partial charge on any atom is -0.353 e. The smallest absolute Gasteiger partial charge is 0.220 e. The fraction of sp³-hybridized carbons (Fsp3) is 0.562. The van der Waals surface area contributed by atoms with Gasteiger partial charge in [-0.3, -0.25) is 4.79 Å². The first-order valence-corrected chi connectivity index (χ1v) is 8.22. The first-order chi connectivity index (χ1) is 10.0. The minimum absolute atomic E-state index is 0. The van der Waals surface area contributed by atoms with Gasteiger partial charge in [0.2, 0.25) is 5.91 Å². The van der Waals surface area contributed by atoms with Gasteiger partial charge >= 0.3 is 0 Å². The van der Waals surface area contributed by atoms with Gasteiger partial charge in [-0.05, 0) is 50.4 Å². The van der Waals surface area contributed by atoms with Crippen molar-refractivity contribution in [1.82, 2.24) is 5.32 Å². The number of benzene rings is 1. The average molecular weight is 368 g/mol. The number of nitrogens with one attached hydrogen (secondary N) is 1. The third-order valence-electron chi connectivity index (χ3n) is 3.31. The normalized spacial score (nSPS) is 11.6. The van der Waals surface area contributed by atoms with Crippen LogP contribution in [0.25, 0.3) is 0 Å². The number of carbonyl (C=O) groups is 1. The lowest BCUT2D eigenvalue weighted by Gasteiger charge is -2.15. The lowest BCUT2D eigenvalue weighted by Crippen LogP contribution is -2.33. The Morgan fingerprint density at radius 2 is 1.91 bits per heavy atom. The van der Waals surface area contributed by atoms with E-state index in [9.17, 15) is 4.79 Å². The van der Waals surface area contributed by atoms with Crippen molar-refractivity contribution in [3.63, 3.8) is 0 Å². The van der Waals surface area contributed by atoms with Crippen molar-refractivity contribution >= 4 is 41.5 Å². The number of halogens is 3. The van der Waals surface area contributed by atoms with Crippen LogP contribution in [-0.2, 0) is 11.2 Å². The molecule has 1 aromatic rings. The van der Waals surface area contributed by atoms with Crippen molar-refractivity contribution in [3.8, 4) is 0 Å². The highest BCUT2D eigenvalue weighted by atomic mass is 35.5. The topological polar surface area (TPSA) is 55.1 Å². The second-order valence-electron chi connectivity index (χ2n) is 5.36. The van der Waals surface area contributed by atoms with E-state index < -0.39 is 0 Å². The van der Waals surface area contributed by atoms with E-state index in [2.05, 4.69) is 5.32 Å². The van der Waals surface area contributed by atoms with Crippen LogP contribution >= 0.6 is 35.6 Å². The summed E-state index contributed by atoms with van der Waals surface area (Å²) in [7, 11) is 0. The summed E-state index contributed by atoms with van der Waals surface area (Å²) >= 11 is 12.0. The summed E-state index contributed by atoms with van der Waals surface area (Å²) in [6, 6.07) is 5.50. The second kappa shape index (κ2) is 12.0. The summed E-state index contributed by atoms with van der Waals surface area (Å²) in [5, 5.41) is 4.27. The number of hydrogen-bond donors (Lipinski definition) is 2. The second-order valence-corrected chi connectivity index (χ2v) is 6.20. The van der Waals surface area contributed by atoms with Crippen molar-refractivity contribution in [2.24, 2.45) is 5.73 Å². The molecular weight excluding hydrogens is 343 g/mol. The van der Waals surface area contributed by atoms with E-state index in [1.54, 1.807) is 6.07 Å². The van der Waals surface area contributed by atoms with Crippen molar-refractivity contribution in [3.05, 3.63) is 33.8 Å². The third-order valence-corrected chi connectivity index (χ3v) is 3.89. The van der Waals surface area contributed by atoms with Crippen LogP contribution in [0.2, 0.25) is 10.0 Å². The van der Waals surface area contributed by atoms with Crippen LogP contribution in [0.1, 0.15) is 44.6 Å². The van der Waals surface area contributed by atoms with Crippen LogP contribution in [0.3, 0.4) is 0 Å². The van der Waals surface area contributed by atoms with E-state index >= 15 is 0 Å². The maximum Gasteiger partial charge on any atom is 0.220 e. The van der Waals surface area contributed by atoms with Crippen molar-refractivity contribution < 1.29 is 4.79 Å².